The predicted octanol–water partition coefficient (Wildman–Crippen LogP) is 4.57. The van der Waals surface area contributed by atoms with Crippen molar-refractivity contribution >= 4 is 34.7 Å². The van der Waals surface area contributed by atoms with Crippen LogP contribution < -0.4 is 10.2 Å². The molecule has 5 nitrogen and oxygen atoms in total. The van der Waals surface area contributed by atoms with Crippen molar-refractivity contribution in [3.63, 3.8) is 0 Å². The molecule has 0 spiro atoms. The average molecular weight is 344 g/mol. The van der Waals surface area contributed by atoms with Crippen molar-refractivity contribution in [2.45, 2.75) is 6.92 Å². The van der Waals surface area contributed by atoms with Gasteiger partial charge >= 0.3 is 0 Å². The van der Waals surface area contributed by atoms with Crippen LogP contribution >= 0.6 is 11.6 Å². The SMILES string of the molecule is CCN(c1ccccc1)c1nncc(Nc2ccc(F)c(Cl)c2)n1. The molecule has 2 aromatic carbocycles. The number of aromatic nitrogens is 3. The Balaban J connectivity index is 1.86. The third-order valence-electron chi connectivity index (χ3n) is 3.37. The molecule has 0 aliphatic heterocycles. The van der Waals surface area contributed by atoms with Crippen LogP contribution in [-0.2, 0) is 0 Å². The number of hydrogen-bond donors (Lipinski definition) is 1. The maximum atomic E-state index is 13.2. The van der Waals surface area contributed by atoms with E-state index in [0.29, 0.717) is 24.0 Å². The van der Waals surface area contributed by atoms with Gasteiger partial charge < -0.3 is 10.2 Å². The molecule has 1 heterocycles. The van der Waals surface area contributed by atoms with E-state index >= 15 is 0 Å². The molecule has 3 aromatic rings. The van der Waals surface area contributed by atoms with E-state index < -0.39 is 5.82 Å². The van der Waals surface area contributed by atoms with Gasteiger partial charge in [-0.05, 0) is 37.3 Å². The number of rotatable bonds is 5. The second kappa shape index (κ2) is 7.23. The molecule has 24 heavy (non-hydrogen) atoms. The lowest BCUT2D eigenvalue weighted by molar-refractivity contribution is 0.628. The Morgan fingerprint density at radius 2 is 1.96 bits per heavy atom. The highest BCUT2D eigenvalue weighted by molar-refractivity contribution is 6.31. The van der Waals surface area contributed by atoms with Gasteiger partial charge in [0.05, 0.1) is 11.2 Å². The summed E-state index contributed by atoms with van der Waals surface area (Å²) < 4.78 is 13.2. The molecule has 0 aliphatic rings. The summed E-state index contributed by atoms with van der Waals surface area (Å²) in [6.07, 6.45) is 1.50. The quantitative estimate of drug-likeness (QED) is 0.735. The molecule has 3 rings (SSSR count). The normalized spacial score (nSPS) is 10.5. The predicted molar refractivity (Wildman–Crippen MR) is 93.6 cm³/mol. The van der Waals surface area contributed by atoms with E-state index in [1.165, 1.54) is 18.3 Å². The minimum absolute atomic E-state index is 0.0432. The molecule has 0 fully saturated rings. The Kier molecular flexibility index (Phi) is 4.86. The molecule has 0 bridgehead atoms. The Morgan fingerprint density at radius 3 is 2.67 bits per heavy atom. The Morgan fingerprint density at radius 1 is 1.17 bits per heavy atom. The van der Waals surface area contributed by atoms with Crippen LogP contribution in [-0.4, -0.2) is 21.7 Å². The largest absolute Gasteiger partial charge is 0.339 e. The summed E-state index contributed by atoms with van der Waals surface area (Å²) in [4.78, 5) is 6.41. The van der Waals surface area contributed by atoms with Crippen LogP contribution in [0, 0.1) is 5.82 Å². The van der Waals surface area contributed by atoms with Crippen molar-refractivity contribution in [3.8, 4) is 0 Å². The number of nitrogens with zero attached hydrogens (tertiary/aromatic N) is 4. The second-order valence-corrected chi connectivity index (χ2v) is 5.38. The van der Waals surface area contributed by atoms with Crippen molar-refractivity contribution < 1.29 is 4.39 Å². The van der Waals surface area contributed by atoms with Crippen LogP contribution in [0.15, 0.2) is 54.7 Å². The number of para-hydroxylation sites is 1. The van der Waals surface area contributed by atoms with Crippen LogP contribution in [0.4, 0.5) is 27.5 Å². The van der Waals surface area contributed by atoms with Gasteiger partial charge in [-0.25, -0.2) is 4.39 Å². The molecule has 0 amide bonds. The van der Waals surface area contributed by atoms with Crippen LogP contribution in [0.2, 0.25) is 5.02 Å². The zero-order valence-electron chi connectivity index (χ0n) is 12.9. The highest BCUT2D eigenvalue weighted by atomic mass is 35.5. The first-order valence-electron chi connectivity index (χ1n) is 7.41. The molecule has 0 aliphatic carbocycles. The summed E-state index contributed by atoms with van der Waals surface area (Å²) in [5.41, 5.74) is 1.60. The van der Waals surface area contributed by atoms with Crippen molar-refractivity contribution in [1.29, 1.82) is 0 Å². The topological polar surface area (TPSA) is 53.9 Å². The molecule has 0 atom stereocenters. The zero-order chi connectivity index (χ0) is 16.9. The van der Waals surface area contributed by atoms with E-state index in [9.17, 15) is 4.39 Å². The van der Waals surface area contributed by atoms with Crippen LogP contribution in [0.25, 0.3) is 0 Å². The van der Waals surface area contributed by atoms with Gasteiger partial charge in [0.2, 0.25) is 0 Å². The molecular weight excluding hydrogens is 329 g/mol. The molecular formula is C17H15ClFN5. The average Bonchev–Trinajstić information content (AvgIpc) is 2.60. The van der Waals surface area contributed by atoms with Crippen LogP contribution in [0.5, 0.6) is 0 Å². The summed E-state index contributed by atoms with van der Waals surface area (Å²) in [5.74, 6) is 0.504. The standard InChI is InChI=1S/C17H15ClFN5/c1-2-24(13-6-4-3-5-7-13)17-22-16(11-20-23-17)21-12-8-9-15(19)14(18)10-12/h3-11H,2H2,1H3,(H,21,22,23). The fraction of sp³-hybridized carbons (Fsp3) is 0.118. The number of halogens is 2. The minimum atomic E-state index is -0.468. The first-order valence-corrected chi connectivity index (χ1v) is 7.79. The summed E-state index contributed by atoms with van der Waals surface area (Å²) in [5, 5.41) is 11.2. The van der Waals surface area contributed by atoms with Gasteiger partial charge in [0.1, 0.15) is 5.82 Å². The van der Waals surface area contributed by atoms with Crippen LogP contribution in [0.3, 0.4) is 0 Å². The summed E-state index contributed by atoms with van der Waals surface area (Å²) >= 11 is 5.79. The number of benzene rings is 2. The van der Waals surface area contributed by atoms with E-state index in [0.717, 1.165) is 5.69 Å². The lowest BCUT2D eigenvalue weighted by atomic mass is 10.3. The lowest BCUT2D eigenvalue weighted by Gasteiger charge is -2.20. The Labute approximate surface area is 144 Å². The maximum Gasteiger partial charge on any atom is 0.251 e. The maximum absolute atomic E-state index is 13.2. The van der Waals surface area contributed by atoms with Crippen molar-refractivity contribution in [1.82, 2.24) is 15.2 Å². The van der Waals surface area contributed by atoms with Gasteiger partial charge in [-0.2, -0.15) is 10.1 Å². The van der Waals surface area contributed by atoms with Crippen molar-refractivity contribution in [2.24, 2.45) is 0 Å². The van der Waals surface area contributed by atoms with E-state index in [-0.39, 0.29) is 5.02 Å². The number of anilines is 4. The summed E-state index contributed by atoms with van der Waals surface area (Å²) in [6.45, 7) is 2.70. The highest BCUT2D eigenvalue weighted by Crippen LogP contribution is 2.24. The third kappa shape index (κ3) is 3.60. The first kappa shape index (κ1) is 16.1. The first-order chi connectivity index (χ1) is 11.7. The monoisotopic (exact) mass is 343 g/mol. The summed E-state index contributed by atoms with van der Waals surface area (Å²) in [7, 11) is 0. The van der Waals surface area contributed by atoms with Gasteiger partial charge in [0, 0.05) is 17.9 Å². The smallest absolute Gasteiger partial charge is 0.251 e. The fourth-order valence-corrected chi connectivity index (χ4v) is 2.42. The van der Waals surface area contributed by atoms with Gasteiger partial charge in [0.15, 0.2) is 5.82 Å². The zero-order valence-corrected chi connectivity index (χ0v) is 13.7. The van der Waals surface area contributed by atoms with Gasteiger partial charge in [-0.15, -0.1) is 5.10 Å². The molecule has 1 aromatic heterocycles. The van der Waals surface area contributed by atoms with E-state index in [1.807, 2.05) is 42.2 Å². The lowest BCUT2D eigenvalue weighted by Crippen LogP contribution is -2.19. The highest BCUT2D eigenvalue weighted by Gasteiger charge is 2.11. The number of nitrogens with one attached hydrogen (secondary N) is 1. The molecule has 122 valence electrons. The van der Waals surface area contributed by atoms with Gasteiger partial charge in [0.25, 0.3) is 5.95 Å². The molecule has 0 saturated heterocycles. The Hall–Kier alpha value is -2.73. The van der Waals surface area contributed by atoms with Crippen LogP contribution in [0.1, 0.15) is 6.92 Å². The molecule has 1 N–H and O–H groups in total. The molecule has 0 saturated carbocycles. The minimum Gasteiger partial charge on any atom is -0.339 e. The third-order valence-corrected chi connectivity index (χ3v) is 3.65. The molecule has 0 unspecified atom stereocenters. The molecule has 0 radical (unpaired) electrons. The van der Waals surface area contributed by atoms with E-state index in [4.69, 9.17) is 11.6 Å². The van der Waals surface area contributed by atoms with Crippen molar-refractivity contribution in [2.75, 3.05) is 16.8 Å². The van der Waals surface area contributed by atoms with Crippen molar-refractivity contribution in [3.05, 3.63) is 65.6 Å². The number of hydrogen-bond acceptors (Lipinski definition) is 5. The van der Waals surface area contributed by atoms with E-state index in [1.54, 1.807) is 6.07 Å². The second-order valence-electron chi connectivity index (χ2n) is 4.98. The van der Waals surface area contributed by atoms with E-state index in [2.05, 4.69) is 20.5 Å². The van der Waals surface area contributed by atoms with Gasteiger partial charge in [-0.3, -0.25) is 0 Å². The summed E-state index contributed by atoms with van der Waals surface area (Å²) in [6, 6.07) is 14.2. The molecule has 7 heteroatoms. The Bertz CT molecular complexity index is 828. The van der Waals surface area contributed by atoms with Gasteiger partial charge in [-0.1, -0.05) is 29.8 Å². The fourth-order valence-electron chi connectivity index (χ4n) is 2.24.